The van der Waals surface area contributed by atoms with Crippen LogP contribution in [0.2, 0.25) is 0 Å². The molecule has 2 rings (SSSR count). The number of benzene rings is 2. The van der Waals surface area contributed by atoms with E-state index >= 15 is 0 Å². The second-order valence-corrected chi connectivity index (χ2v) is 12.1. The zero-order valence-electron chi connectivity index (χ0n) is 20.7. The monoisotopic (exact) mass is 636 g/mol. The van der Waals surface area contributed by atoms with Crippen molar-refractivity contribution in [2.75, 3.05) is 25.8 Å². The second-order valence-electron chi connectivity index (χ2n) is 8.85. The van der Waals surface area contributed by atoms with Crippen LogP contribution in [-0.2, 0) is 52.5 Å². The summed E-state index contributed by atoms with van der Waals surface area (Å²) in [5.41, 5.74) is 1.06. The molecule has 10 N–H and O–H groups in total. The van der Waals surface area contributed by atoms with Gasteiger partial charge in [0.2, 0.25) is 0 Å². The maximum Gasteiger partial charge on any atom is 2.00 e. The van der Waals surface area contributed by atoms with Crippen LogP contribution in [-0.4, -0.2) is 97.9 Å². The zero-order chi connectivity index (χ0) is 28.7. The minimum absolute atomic E-state index is 0. The van der Waals surface area contributed by atoms with E-state index in [-0.39, 0.29) is 66.0 Å². The summed E-state index contributed by atoms with van der Waals surface area (Å²) in [5.74, 6) is -0.571. The summed E-state index contributed by atoms with van der Waals surface area (Å²) >= 11 is 0. The number of aliphatic hydroxyl groups is 4. The van der Waals surface area contributed by atoms with E-state index in [1.54, 1.807) is 0 Å². The van der Waals surface area contributed by atoms with Crippen molar-refractivity contribution in [2.45, 2.75) is 38.4 Å². The van der Waals surface area contributed by atoms with Gasteiger partial charge in [0.05, 0.1) is 38.5 Å². The van der Waals surface area contributed by atoms with Crippen LogP contribution in [0.3, 0.4) is 0 Å². The maximum atomic E-state index is 12.0. The maximum absolute atomic E-state index is 12.0. The molecule has 0 saturated heterocycles. The van der Waals surface area contributed by atoms with Gasteiger partial charge in [0, 0.05) is 24.2 Å². The SMILES string of the molecule is O=P(O)(O)CN(Cc1ccc(CO)cc1O)C(CO)C(CO)N(Cc1cc(CO)ccc1O)CP(=O)(O)O.[Fe+2]. The van der Waals surface area contributed by atoms with E-state index in [0.29, 0.717) is 11.1 Å². The predicted molar refractivity (Wildman–Crippen MR) is 135 cm³/mol. The molecule has 2 aromatic carbocycles. The Labute approximate surface area is 235 Å². The van der Waals surface area contributed by atoms with E-state index in [4.69, 9.17) is 0 Å². The summed E-state index contributed by atoms with van der Waals surface area (Å²) in [4.78, 5) is 41.0. The van der Waals surface area contributed by atoms with Crippen LogP contribution in [0.1, 0.15) is 22.3 Å². The smallest absolute Gasteiger partial charge is 0.508 e. The van der Waals surface area contributed by atoms with Crippen molar-refractivity contribution >= 4 is 15.2 Å². The Kier molecular flexibility index (Phi) is 14.2. The number of phenols is 2. The van der Waals surface area contributed by atoms with E-state index in [1.165, 1.54) is 36.4 Å². The Morgan fingerprint density at radius 1 is 0.641 bits per heavy atom. The minimum atomic E-state index is -4.80. The molecule has 2 unspecified atom stereocenters. The Hall–Kier alpha value is -1.38. The average molecular weight is 636 g/mol. The van der Waals surface area contributed by atoms with Gasteiger partial charge in [-0.2, -0.15) is 0 Å². The van der Waals surface area contributed by atoms with Gasteiger partial charge < -0.3 is 50.2 Å². The summed E-state index contributed by atoms with van der Waals surface area (Å²) in [6.07, 6.45) is -1.89. The van der Waals surface area contributed by atoms with Crippen LogP contribution < -0.4 is 0 Å². The number of aromatic hydroxyl groups is 2. The van der Waals surface area contributed by atoms with Gasteiger partial charge in [0.1, 0.15) is 24.1 Å². The molecule has 0 heterocycles. The topological polar surface area (TPSA) is 243 Å². The van der Waals surface area contributed by atoms with Crippen molar-refractivity contribution in [3.63, 3.8) is 0 Å². The van der Waals surface area contributed by atoms with Crippen LogP contribution in [0.4, 0.5) is 0 Å². The molecule has 0 bridgehead atoms. The van der Waals surface area contributed by atoms with Crippen molar-refractivity contribution < 1.29 is 76.4 Å². The van der Waals surface area contributed by atoms with Gasteiger partial charge in [-0.3, -0.25) is 18.9 Å². The van der Waals surface area contributed by atoms with E-state index in [2.05, 4.69) is 0 Å². The first-order chi connectivity index (χ1) is 17.7. The van der Waals surface area contributed by atoms with Crippen molar-refractivity contribution in [2.24, 2.45) is 0 Å². The fourth-order valence-corrected chi connectivity index (χ4v) is 5.69. The van der Waals surface area contributed by atoms with Crippen LogP contribution in [0.15, 0.2) is 36.4 Å². The van der Waals surface area contributed by atoms with Crippen LogP contribution in [0.25, 0.3) is 0 Å². The Balaban J connectivity index is 0.00000760. The van der Waals surface area contributed by atoms with Crippen LogP contribution in [0.5, 0.6) is 11.5 Å². The first-order valence-electron chi connectivity index (χ1n) is 11.3. The molecule has 0 aliphatic heterocycles. The third-order valence-electron chi connectivity index (χ3n) is 5.89. The Morgan fingerprint density at radius 2 is 1.08 bits per heavy atom. The molecular weight excluding hydrogens is 602 g/mol. The largest absolute Gasteiger partial charge is 2.00 e. The third kappa shape index (κ3) is 11.2. The average Bonchev–Trinajstić information content (AvgIpc) is 2.82. The molecule has 39 heavy (non-hydrogen) atoms. The Bertz CT molecular complexity index is 1160. The normalized spacial score (nSPS) is 13.9. The molecule has 17 heteroatoms. The summed E-state index contributed by atoms with van der Waals surface area (Å²) in [5, 5.41) is 59.9. The molecule has 220 valence electrons. The molecule has 2 aromatic rings. The van der Waals surface area contributed by atoms with E-state index in [1.807, 2.05) is 0 Å². The number of nitrogens with zero attached hydrogens (tertiary/aromatic N) is 2. The molecule has 0 aliphatic carbocycles. The van der Waals surface area contributed by atoms with Gasteiger partial charge in [-0.15, -0.1) is 0 Å². The predicted octanol–water partition coefficient (Wildman–Crippen LogP) is -0.624. The molecule has 2 atom stereocenters. The van der Waals surface area contributed by atoms with Crippen molar-refractivity contribution in [3.05, 3.63) is 58.7 Å². The molecule has 0 amide bonds. The van der Waals surface area contributed by atoms with E-state index in [9.17, 15) is 59.3 Å². The number of hydrogen-bond acceptors (Lipinski definition) is 10. The number of rotatable bonds is 15. The molecule has 0 spiro atoms. The van der Waals surface area contributed by atoms with Gasteiger partial charge >= 0.3 is 32.3 Å². The fraction of sp³-hybridized carbons (Fsp3) is 0.455. The van der Waals surface area contributed by atoms with E-state index in [0.717, 1.165) is 9.80 Å². The van der Waals surface area contributed by atoms with Gasteiger partial charge in [0.15, 0.2) is 0 Å². The molecule has 0 fully saturated rings. The van der Waals surface area contributed by atoms with Gasteiger partial charge in [0.25, 0.3) is 0 Å². The van der Waals surface area contributed by atoms with Crippen molar-refractivity contribution in [1.29, 1.82) is 0 Å². The fourth-order valence-electron chi connectivity index (χ4n) is 4.12. The number of aliphatic hydroxyl groups excluding tert-OH is 4. The first-order valence-corrected chi connectivity index (χ1v) is 14.9. The molecular formula is C22H34FeN2O12P2+2. The van der Waals surface area contributed by atoms with E-state index < -0.39 is 53.1 Å². The Morgan fingerprint density at radius 3 is 1.49 bits per heavy atom. The minimum Gasteiger partial charge on any atom is -0.508 e. The van der Waals surface area contributed by atoms with Crippen LogP contribution >= 0.6 is 15.2 Å². The standard InChI is InChI=1S/C22H34N2O12P2.Fe/c25-9-15-2-4-21(29)18(5-15)8-24(14-38(34,35)36)20(12-28)19(11-27)23(13-37(31,32)33)7-17-3-1-16(10-26)6-22(17)30;/h1-6,19-20,25-30H,7-14H2,(H2,31,32,33)(H2,34,35,36);/q;+2. The van der Waals surface area contributed by atoms with Gasteiger partial charge in [-0.1, -0.05) is 18.2 Å². The van der Waals surface area contributed by atoms with Crippen molar-refractivity contribution in [1.82, 2.24) is 9.80 Å². The van der Waals surface area contributed by atoms with Gasteiger partial charge in [-0.05, 0) is 29.3 Å². The van der Waals surface area contributed by atoms with Crippen LogP contribution in [0, 0.1) is 0 Å². The molecule has 0 aromatic heterocycles. The second kappa shape index (κ2) is 15.6. The first kappa shape index (κ1) is 35.6. The molecule has 0 saturated carbocycles. The van der Waals surface area contributed by atoms with Gasteiger partial charge in [-0.25, -0.2) is 0 Å². The number of phenolic OH excluding ortho intramolecular Hbond substituents is 2. The summed E-state index contributed by atoms with van der Waals surface area (Å²) < 4.78 is 24.0. The summed E-state index contributed by atoms with van der Waals surface area (Å²) in [7, 11) is -9.59. The summed E-state index contributed by atoms with van der Waals surface area (Å²) in [6, 6.07) is 5.57. The molecule has 0 aliphatic rings. The molecule has 0 radical (unpaired) electrons. The third-order valence-corrected chi connectivity index (χ3v) is 7.36. The van der Waals surface area contributed by atoms with Crippen molar-refractivity contribution in [3.8, 4) is 11.5 Å². The molecule has 14 nitrogen and oxygen atoms in total. The number of hydrogen-bond donors (Lipinski definition) is 10. The summed E-state index contributed by atoms with van der Waals surface area (Å²) in [6.45, 7) is -3.11. The quantitative estimate of drug-likeness (QED) is 0.0866. The zero-order valence-corrected chi connectivity index (χ0v) is 23.6.